The maximum absolute atomic E-state index is 12.5. The zero-order chi connectivity index (χ0) is 15.2. The molecule has 1 aromatic rings. The minimum Gasteiger partial charge on any atom is -0.384 e. The van der Waals surface area contributed by atoms with E-state index in [1.807, 2.05) is 6.07 Å². The predicted molar refractivity (Wildman–Crippen MR) is 86.1 cm³/mol. The van der Waals surface area contributed by atoms with Crippen LogP contribution < -0.4 is 10.6 Å². The number of anilines is 1. The third-order valence-corrected chi connectivity index (χ3v) is 4.10. The summed E-state index contributed by atoms with van der Waals surface area (Å²) in [5.41, 5.74) is 1.42. The lowest BCUT2D eigenvalue weighted by Gasteiger charge is -2.20. The van der Waals surface area contributed by atoms with E-state index in [9.17, 15) is 4.79 Å². The summed E-state index contributed by atoms with van der Waals surface area (Å²) in [5.74, 6) is -0.0925. The smallest absolute Gasteiger partial charge is 0.253 e. The van der Waals surface area contributed by atoms with Gasteiger partial charge in [0.1, 0.15) is 0 Å². The van der Waals surface area contributed by atoms with Crippen LogP contribution in [0.5, 0.6) is 0 Å². The molecule has 1 aliphatic carbocycles. The third-order valence-electron chi connectivity index (χ3n) is 3.86. The van der Waals surface area contributed by atoms with Gasteiger partial charge < -0.3 is 15.4 Å². The van der Waals surface area contributed by atoms with Crippen molar-refractivity contribution >= 4 is 23.2 Å². The molecule has 2 atom stereocenters. The van der Waals surface area contributed by atoms with Crippen LogP contribution in [0.25, 0.3) is 0 Å². The zero-order valence-corrected chi connectivity index (χ0v) is 13.4. The molecule has 1 fully saturated rings. The number of halogens is 1. The summed E-state index contributed by atoms with van der Waals surface area (Å²) in [6.45, 7) is 2.91. The molecule has 1 amide bonds. The molecule has 2 N–H and O–H groups in total. The SMILES string of the molecule is CCCNc1ccc(Cl)cc1C(=O)NC1CCCC1OC. The second-order valence-electron chi connectivity index (χ2n) is 5.40. The van der Waals surface area contributed by atoms with Crippen LogP contribution in [0.1, 0.15) is 43.0 Å². The van der Waals surface area contributed by atoms with Gasteiger partial charge in [-0.1, -0.05) is 18.5 Å². The van der Waals surface area contributed by atoms with Crippen LogP contribution in [-0.2, 0) is 4.74 Å². The summed E-state index contributed by atoms with van der Waals surface area (Å²) >= 11 is 6.04. The quantitative estimate of drug-likeness (QED) is 0.846. The Morgan fingerprint density at radius 1 is 1.43 bits per heavy atom. The van der Waals surface area contributed by atoms with Crippen molar-refractivity contribution in [3.05, 3.63) is 28.8 Å². The lowest BCUT2D eigenvalue weighted by Crippen LogP contribution is -2.40. The van der Waals surface area contributed by atoms with Gasteiger partial charge in [0.15, 0.2) is 0 Å². The molecule has 0 aromatic heterocycles. The largest absolute Gasteiger partial charge is 0.384 e. The molecule has 21 heavy (non-hydrogen) atoms. The summed E-state index contributed by atoms with van der Waals surface area (Å²) in [6.07, 6.45) is 4.15. The second-order valence-corrected chi connectivity index (χ2v) is 5.84. The third kappa shape index (κ3) is 4.11. The van der Waals surface area contributed by atoms with Crippen molar-refractivity contribution < 1.29 is 9.53 Å². The van der Waals surface area contributed by atoms with E-state index in [0.29, 0.717) is 10.6 Å². The molecule has 0 bridgehead atoms. The van der Waals surface area contributed by atoms with Crippen LogP contribution in [0.4, 0.5) is 5.69 Å². The molecular formula is C16H23ClN2O2. The Balaban J connectivity index is 2.12. The van der Waals surface area contributed by atoms with Crippen LogP contribution in [0.3, 0.4) is 0 Å². The minimum absolute atomic E-state index is 0.0838. The Morgan fingerprint density at radius 2 is 2.24 bits per heavy atom. The van der Waals surface area contributed by atoms with Gasteiger partial charge in [-0.3, -0.25) is 4.79 Å². The van der Waals surface area contributed by atoms with Crippen molar-refractivity contribution in [2.24, 2.45) is 0 Å². The van der Waals surface area contributed by atoms with Crippen LogP contribution in [-0.4, -0.2) is 31.7 Å². The topological polar surface area (TPSA) is 50.4 Å². The highest BCUT2D eigenvalue weighted by Crippen LogP contribution is 2.24. The number of ether oxygens (including phenoxy) is 1. The Morgan fingerprint density at radius 3 is 2.95 bits per heavy atom. The average Bonchev–Trinajstić information content (AvgIpc) is 2.93. The number of hydrogen-bond donors (Lipinski definition) is 2. The van der Waals surface area contributed by atoms with E-state index in [2.05, 4.69) is 17.6 Å². The molecule has 2 unspecified atom stereocenters. The highest BCUT2D eigenvalue weighted by atomic mass is 35.5. The molecule has 5 heteroatoms. The number of amides is 1. The van der Waals surface area contributed by atoms with E-state index in [4.69, 9.17) is 16.3 Å². The molecular weight excluding hydrogens is 288 g/mol. The van der Waals surface area contributed by atoms with Gasteiger partial charge in [-0.25, -0.2) is 0 Å². The molecule has 4 nitrogen and oxygen atoms in total. The second kappa shape index (κ2) is 7.66. The van der Waals surface area contributed by atoms with E-state index < -0.39 is 0 Å². The van der Waals surface area contributed by atoms with E-state index in [1.54, 1.807) is 19.2 Å². The first-order valence-corrected chi connectivity index (χ1v) is 7.90. The summed E-state index contributed by atoms with van der Waals surface area (Å²) in [7, 11) is 1.70. The van der Waals surface area contributed by atoms with Crippen molar-refractivity contribution in [3.63, 3.8) is 0 Å². The van der Waals surface area contributed by atoms with Gasteiger partial charge in [0, 0.05) is 24.4 Å². The lowest BCUT2D eigenvalue weighted by molar-refractivity contribution is 0.0722. The van der Waals surface area contributed by atoms with Crippen LogP contribution >= 0.6 is 11.6 Å². The maximum atomic E-state index is 12.5. The Hall–Kier alpha value is -1.26. The monoisotopic (exact) mass is 310 g/mol. The number of benzene rings is 1. The molecule has 0 saturated heterocycles. The standard InChI is InChI=1S/C16H23ClN2O2/c1-3-9-18-13-8-7-11(17)10-12(13)16(20)19-14-5-4-6-15(14)21-2/h7-8,10,14-15,18H,3-6,9H2,1-2H3,(H,19,20). The van der Waals surface area contributed by atoms with Crippen molar-refractivity contribution in [1.29, 1.82) is 0 Å². The highest BCUT2D eigenvalue weighted by molar-refractivity contribution is 6.31. The molecule has 0 aliphatic heterocycles. The zero-order valence-electron chi connectivity index (χ0n) is 12.6. The van der Waals surface area contributed by atoms with Crippen molar-refractivity contribution in [3.8, 4) is 0 Å². The van der Waals surface area contributed by atoms with Gasteiger partial charge in [-0.2, -0.15) is 0 Å². The Labute approximate surface area is 131 Å². The molecule has 0 spiro atoms. The summed E-state index contributed by atoms with van der Waals surface area (Å²) < 4.78 is 5.42. The molecule has 1 saturated carbocycles. The number of methoxy groups -OCH3 is 1. The first-order chi connectivity index (χ1) is 10.2. The summed E-state index contributed by atoms with van der Waals surface area (Å²) in [4.78, 5) is 12.5. The van der Waals surface area contributed by atoms with E-state index in [-0.39, 0.29) is 18.1 Å². The van der Waals surface area contributed by atoms with Gasteiger partial charge in [0.05, 0.1) is 17.7 Å². The Kier molecular flexibility index (Phi) is 5.88. The predicted octanol–water partition coefficient (Wildman–Crippen LogP) is 3.46. The molecule has 1 aromatic carbocycles. The van der Waals surface area contributed by atoms with Gasteiger partial charge in [0.2, 0.25) is 0 Å². The number of nitrogens with one attached hydrogen (secondary N) is 2. The van der Waals surface area contributed by atoms with Crippen molar-refractivity contribution in [2.75, 3.05) is 19.0 Å². The fourth-order valence-electron chi connectivity index (χ4n) is 2.74. The molecule has 116 valence electrons. The van der Waals surface area contributed by atoms with E-state index in [0.717, 1.165) is 37.9 Å². The normalized spacial score (nSPS) is 21.3. The molecule has 2 rings (SSSR count). The van der Waals surface area contributed by atoms with E-state index >= 15 is 0 Å². The van der Waals surface area contributed by atoms with E-state index in [1.165, 1.54) is 0 Å². The van der Waals surface area contributed by atoms with Crippen LogP contribution in [0.15, 0.2) is 18.2 Å². The highest BCUT2D eigenvalue weighted by Gasteiger charge is 2.29. The average molecular weight is 311 g/mol. The minimum atomic E-state index is -0.0925. The first-order valence-electron chi connectivity index (χ1n) is 7.52. The maximum Gasteiger partial charge on any atom is 0.253 e. The van der Waals surface area contributed by atoms with Gasteiger partial charge in [-0.15, -0.1) is 0 Å². The summed E-state index contributed by atoms with van der Waals surface area (Å²) in [6, 6.07) is 5.45. The number of hydrogen-bond acceptors (Lipinski definition) is 3. The Bertz CT molecular complexity index is 493. The van der Waals surface area contributed by atoms with Crippen LogP contribution in [0, 0.1) is 0 Å². The van der Waals surface area contributed by atoms with Crippen LogP contribution in [0.2, 0.25) is 5.02 Å². The fraction of sp³-hybridized carbons (Fsp3) is 0.562. The fourth-order valence-corrected chi connectivity index (χ4v) is 2.91. The number of carbonyl (C=O) groups is 1. The lowest BCUT2D eigenvalue weighted by atomic mass is 10.1. The number of rotatable bonds is 6. The van der Waals surface area contributed by atoms with Crippen molar-refractivity contribution in [2.45, 2.75) is 44.8 Å². The summed E-state index contributed by atoms with van der Waals surface area (Å²) in [5, 5.41) is 6.91. The van der Waals surface area contributed by atoms with Gasteiger partial charge >= 0.3 is 0 Å². The molecule has 0 heterocycles. The first kappa shape index (κ1) is 16.1. The number of carbonyl (C=O) groups excluding carboxylic acids is 1. The van der Waals surface area contributed by atoms with Gasteiger partial charge in [-0.05, 0) is 43.9 Å². The molecule has 1 aliphatic rings. The van der Waals surface area contributed by atoms with Crippen molar-refractivity contribution in [1.82, 2.24) is 5.32 Å². The molecule has 0 radical (unpaired) electrons. The van der Waals surface area contributed by atoms with Gasteiger partial charge in [0.25, 0.3) is 5.91 Å².